The lowest BCUT2D eigenvalue weighted by molar-refractivity contribution is -0.0679. The fraction of sp³-hybridized carbons (Fsp3) is 0.533. The molecule has 3 N–H and O–H groups in total. The summed E-state index contributed by atoms with van der Waals surface area (Å²) in [5.74, 6) is -0.0764. The van der Waals surface area contributed by atoms with Gasteiger partial charge in [0, 0.05) is 24.9 Å². The summed E-state index contributed by atoms with van der Waals surface area (Å²) in [6.45, 7) is 4.44. The van der Waals surface area contributed by atoms with E-state index in [2.05, 4.69) is 5.32 Å². The molecule has 2 rings (SSSR count). The zero-order valence-corrected chi connectivity index (χ0v) is 11.9. The SMILES string of the molecule is COC1(CNC(=O)c2cc(N)c(C)cc2C)CCC1. The zero-order valence-electron chi connectivity index (χ0n) is 11.9. The van der Waals surface area contributed by atoms with Crippen LogP contribution in [0.1, 0.15) is 40.7 Å². The number of aryl methyl sites for hydroxylation is 2. The normalized spacial score (nSPS) is 16.8. The lowest BCUT2D eigenvalue weighted by Crippen LogP contribution is -2.49. The van der Waals surface area contributed by atoms with Gasteiger partial charge in [-0.05, 0) is 50.3 Å². The summed E-state index contributed by atoms with van der Waals surface area (Å²) in [5.41, 5.74) is 8.97. The highest BCUT2D eigenvalue weighted by Gasteiger charge is 2.37. The van der Waals surface area contributed by atoms with Crippen LogP contribution >= 0.6 is 0 Å². The highest BCUT2D eigenvalue weighted by Crippen LogP contribution is 2.34. The monoisotopic (exact) mass is 262 g/mol. The van der Waals surface area contributed by atoms with Crippen LogP contribution in [-0.4, -0.2) is 25.2 Å². The molecule has 0 spiro atoms. The maximum absolute atomic E-state index is 12.2. The number of hydrogen-bond acceptors (Lipinski definition) is 3. The van der Waals surface area contributed by atoms with Crippen LogP contribution in [0, 0.1) is 13.8 Å². The molecule has 0 radical (unpaired) electrons. The van der Waals surface area contributed by atoms with Crippen LogP contribution in [0.15, 0.2) is 12.1 Å². The lowest BCUT2D eigenvalue weighted by atomic mass is 9.80. The topological polar surface area (TPSA) is 64.3 Å². The van der Waals surface area contributed by atoms with E-state index < -0.39 is 0 Å². The highest BCUT2D eigenvalue weighted by atomic mass is 16.5. The van der Waals surface area contributed by atoms with E-state index in [1.807, 2.05) is 19.9 Å². The number of carbonyl (C=O) groups excluding carboxylic acids is 1. The molecule has 0 aliphatic heterocycles. The maximum atomic E-state index is 12.2. The van der Waals surface area contributed by atoms with Crippen LogP contribution in [0.3, 0.4) is 0 Å². The second-order valence-electron chi connectivity index (χ2n) is 5.45. The molecule has 1 fully saturated rings. The summed E-state index contributed by atoms with van der Waals surface area (Å²) in [7, 11) is 1.71. The van der Waals surface area contributed by atoms with Gasteiger partial charge in [-0.3, -0.25) is 4.79 Å². The molecule has 19 heavy (non-hydrogen) atoms. The summed E-state index contributed by atoms with van der Waals surface area (Å²) in [6, 6.07) is 3.69. The molecule has 0 saturated heterocycles. The molecule has 1 aromatic carbocycles. The molecule has 1 amide bonds. The van der Waals surface area contributed by atoms with Gasteiger partial charge >= 0.3 is 0 Å². The Hall–Kier alpha value is -1.55. The number of nitrogens with two attached hydrogens (primary N) is 1. The van der Waals surface area contributed by atoms with Gasteiger partial charge in [-0.25, -0.2) is 0 Å². The van der Waals surface area contributed by atoms with Crippen LogP contribution < -0.4 is 11.1 Å². The van der Waals surface area contributed by atoms with Crippen LogP contribution in [0.4, 0.5) is 5.69 Å². The van der Waals surface area contributed by atoms with Gasteiger partial charge in [-0.2, -0.15) is 0 Å². The number of ether oxygens (including phenoxy) is 1. The lowest BCUT2D eigenvalue weighted by Gasteiger charge is -2.40. The first kappa shape index (κ1) is 13.9. The Morgan fingerprint density at radius 2 is 2.05 bits per heavy atom. The van der Waals surface area contributed by atoms with Crippen molar-refractivity contribution in [2.45, 2.75) is 38.7 Å². The summed E-state index contributed by atoms with van der Waals surface area (Å²) in [5, 5.41) is 2.96. The molecule has 1 aliphatic carbocycles. The molecular weight excluding hydrogens is 240 g/mol. The molecule has 0 heterocycles. The van der Waals surface area contributed by atoms with E-state index in [1.54, 1.807) is 13.2 Å². The fourth-order valence-corrected chi connectivity index (χ4v) is 2.47. The Morgan fingerprint density at radius 1 is 1.37 bits per heavy atom. The molecule has 0 aromatic heterocycles. The van der Waals surface area contributed by atoms with Crippen LogP contribution in [0.5, 0.6) is 0 Å². The summed E-state index contributed by atoms with van der Waals surface area (Å²) >= 11 is 0. The van der Waals surface area contributed by atoms with Crippen molar-refractivity contribution in [1.82, 2.24) is 5.32 Å². The first-order valence-corrected chi connectivity index (χ1v) is 6.67. The molecule has 104 valence electrons. The minimum atomic E-state index is -0.153. The first-order valence-electron chi connectivity index (χ1n) is 6.67. The van der Waals surface area contributed by atoms with E-state index in [-0.39, 0.29) is 11.5 Å². The number of rotatable bonds is 4. The van der Waals surface area contributed by atoms with Crippen molar-refractivity contribution in [1.29, 1.82) is 0 Å². The smallest absolute Gasteiger partial charge is 0.251 e. The molecule has 1 saturated carbocycles. The number of carbonyl (C=O) groups is 1. The molecule has 0 unspecified atom stereocenters. The predicted octanol–water partition coefficient (Wildman–Crippen LogP) is 2.18. The van der Waals surface area contributed by atoms with Gasteiger partial charge in [0.2, 0.25) is 0 Å². The van der Waals surface area contributed by atoms with Crippen molar-refractivity contribution in [3.63, 3.8) is 0 Å². The molecule has 4 heteroatoms. The van der Waals surface area contributed by atoms with E-state index in [0.717, 1.165) is 24.0 Å². The Kier molecular flexibility index (Phi) is 3.80. The first-order chi connectivity index (χ1) is 8.97. The van der Waals surface area contributed by atoms with E-state index in [4.69, 9.17) is 10.5 Å². The number of anilines is 1. The second kappa shape index (κ2) is 5.21. The van der Waals surface area contributed by atoms with E-state index in [9.17, 15) is 4.79 Å². The third kappa shape index (κ3) is 2.73. The number of methoxy groups -OCH3 is 1. The van der Waals surface area contributed by atoms with Gasteiger partial charge in [0.1, 0.15) is 0 Å². The molecule has 1 aliphatic rings. The zero-order chi connectivity index (χ0) is 14.0. The maximum Gasteiger partial charge on any atom is 0.251 e. The van der Waals surface area contributed by atoms with Crippen molar-refractivity contribution < 1.29 is 9.53 Å². The van der Waals surface area contributed by atoms with Crippen LogP contribution in [0.25, 0.3) is 0 Å². The van der Waals surface area contributed by atoms with Crippen LogP contribution in [0.2, 0.25) is 0 Å². The van der Waals surface area contributed by atoms with E-state index in [1.165, 1.54) is 6.42 Å². The average molecular weight is 262 g/mol. The molecule has 4 nitrogen and oxygen atoms in total. The van der Waals surface area contributed by atoms with Gasteiger partial charge in [-0.15, -0.1) is 0 Å². The Bertz CT molecular complexity index is 488. The fourth-order valence-electron chi connectivity index (χ4n) is 2.47. The van der Waals surface area contributed by atoms with Crippen molar-refractivity contribution >= 4 is 11.6 Å². The van der Waals surface area contributed by atoms with Crippen LogP contribution in [-0.2, 0) is 4.74 Å². The largest absolute Gasteiger partial charge is 0.398 e. The Balaban J connectivity index is 2.06. The standard InChI is InChI=1S/C15H22N2O2/c1-10-7-11(2)13(16)8-12(10)14(18)17-9-15(19-3)5-4-6-15/h7-8H,4-6,9,16H2,1-3H3,(H,17,18). The van der Waals surface area contributed by atoms with Gasteiger partial charge in [0.15, 0.2) is 0 Å². The minimum Gasteiger partial charge on any atom is -0.398 e. The number of benzene rings is 1. The third-order valence-electron chi connectivity index (χ3n) is 4.13. The summed E-state index contributed by atoms with van der Waals surface area (Å²) < 4.78 is 5.49. The third-order valence-corrected chi connectivity index (χ3v) is 4.13. The van der Waals surface area contributed by atoms with Gasteiger partial charge in [0.05, 0.1) is 5.60 Å². The molecular formula is C15H22N2O2. The van der Waals surface area contributed by atoms with Crippen molar-refractivity contribution in [2.75, 3.05) is 19.4 Å². The van der Waals surface area contributed by atoms with E-state index >= 15 is 0 Å². The highest BCUT2D eigenvalue weighted by molar-refractivity contribution is 5.96. The second-order valence-corrected chi connectivity index (χ2v) is 5.45. The number of nitrogen functional groups attached to an aromatic ring is 1. The average Bonchev–Trinajstić information content (AvgIpc) is 2.32. The minimum absolute atomic E-state index is 0.0764. The van der Waals surface area contributed by atoms with Gasteiger partial charge < -0.3 is 15.8 Å². The predicted molar refractivity (Wildman–Crippen MR) is 76.3 cm³/mol. The Morgan fingerprint density at radius 3 is 2.58 bits per heavy atom. The number of amides is 1. The van der Waals surface area contributed by atoms with Crippen molar-refractivity contribution in [2.24, 2.45) is 0 Å². The van der Waals surface area contributed by atoms with Crippen molar-refractivity contribution in [3.05, 3.63) is 28.8 Å². The molecule has 1 aromatic rings. The molecule has 0 atom stereocenters. The van der Waals surface area contributed by atoms with Gasteiger partial charge in [0.25, 0.3) is 5.91 Å². The number of hydrogen-bond donors (Lipinski definition) is 2. The number of nitrogens with one attached hydrogen (secondary N) is 1. The Labute approximate surface area is 114 Å². The van der Waals surface area contributed by atoms with Crippen molar-refractivity contribution in [3.8, 4) is 0 Å². The summed E-state index contributed by atoms with van der Waals surface area (Å²) in [4.78, 5) is 12.2. The summed E-state index contributed by atoms with van der Waals surface area (Å²) in [6.07, 6.45) is 3.19. The van der Waals surface area contributed by atoms with Gasteiger partial charge in [-0.1, -0.05) is 6.07 Å². The molecule has 0 bridgehead atoms. The quantitative estimate of drug-likeness (QED) is 0.817. The van der Waals surface area contributed by atoms with E-state index in [0.29, 0.717) is 17.8 Å².